The first kappa shape index (κ1) is 15.5. The van der Waals surface area contributed by atoms with Crippen LogP contribution in [0.4, 0.5) is 0 Å². The van der Waals surface area contributed by atoms with Crippen LogP contribution in [-0.2, 0) is 13.6 Å². The van der Waals surface area contributed by atoms with Crippen LogP contribution in [0.25, 0.3) is 0 Å². The van der Waals surface area contributed by atoms with Crippen LogP contribution in [0, 0.1) is 5.41 Å². The van der Waals surface area contributed by atoms with E-state index in [1.165, 1.54) is 0 Å². The molecular formula is C12H24ClN3. The van der Waals surface area contributed by atoms with Gasteiger partial charge < -0.3 is 9.88 Å². The molecule has 0 spiro atoms. The van der Waals surface area contributed by atoms with Crippen LogP contribution < -0.4 is 5.32 Å². The molecule has 0 amide bonds. The summed E-state index contributed by atoms with van der Waals surface area (Å²) in [5.41, 5.74) is 0.305. The summed E-state index contributed by atoms with van der Waals surface area (Å²) < 4.78 is 2.06. The van der Waals surface area contributed by atoms with E-state index in [9.17, 15) is 0 Å². The third kappa shape index (κ3) is 4.14. The molecule has 16 heavy (non-hydrogen) atoms. The molecule has 0 aliphatic carbocycles. The molecule has 1 heterocycles. The van der Waals surface area contributed by atoms with E-state index < -0.39 is 0 Å². The van der Waals surface area contributed by atoms with E-state index in [1.807, 2.05) is 19.4 Å². The molecule has 1 unspecified atom stereocenters. The minimum atomic E-state index is 0. The van der Waals surface area contributed by atoms with Gasteiger partial charge in [0.2, 0.25) is 0 Å². The van der Waals surface area contributed by atoms with Gasteiger partial charge in [-0.15, -0.1) is 12.4 Å². The zero-order valence-electron chi connectivity index (χ0n) is 10.9. The maximum absolute atomic E-state index is 4.30. The van der Waals surface area contributed by atoms with Gasteiger partial charge in [-0.05, 0) is 11.8 Å². The summed E-state index contributed by atoms with van der Waals surface area (Å²) in [6.07, 6.45) is 4.97. The number of hydrogen-bond acceptors (Lipinski definition) is 2. The molecule has 0 fully saturated rings. The predicted octanol–water partition coefficient (Wildman–Crippen LogP) is 2.76. The molecule has 0 aliphatic heterocycles. The van der Waals surface area contributed by atoms with Gasteiger partial charge in [0.05, 0.1) is 6.54 Å². The van der Waals surface area contributed by atoms with Crippen molar-refractivity contribution >= 4 is 12.4 Å². The van der Waals surface area contributed by atoms with Crippen molar-refractivity contribution in [1.82, 2.24) is 14.9 Å². The summed E-state index contributed by atoms with van der Waals surface area (Å²) in [4.78, 5) is 4.30. The summed E-state index contributed by atoms with van der Waals surface area (Å²) >= 11 is 0. The first-order chi connectivity index (χ1) is 6.95. The SMILES string of the molecule is CCC(NCc1nccn1C)C(C)(C)C.Cl. The number of halogens is 1. The number of hydrogen-bond donors (Lipinski definition) is 1. The van der Waals surface area contributed by atoms with E-state index in [4.69, 9.17) is 0 Å². The van der Waals surface area contributed by atoms with Gasteiger partial charge in [-0.2, -0.15) is 0 Å². The molecule has 0 saturated carbocycles. The average molecular weight is 246 g/mol. The van der Waals surface area contributed by atoms with Gasteiger partial charge in [-0.3, -0.25) is 0 Å². The molecule has 4 heteroatoms. The van der Waals surface area contributed by atoms with Crippen LogP contribution in [0.15, 0.2) is 12.4 Å². The molecule has 0 radical (unpaired) electrons. The Morgan fingerprint density at radius 3 is 2.44 bits per heavy atom. The zero-order chi connectivity index (χ0) is 11.5. The molecular weight excluding hydrogens is 222 g/mol. The van der Waals surface area contributed by atoms with Crippen LogP contribution >= 0.6 is 12.4 Å². The van der Waals surface area contributed by atoms with Crippen LogP contribution in [0.5, 0.6) is 0 Å². The smallest absolute Gasteiger partial charge is 0.122 e. The second-order valence-electron chi connectivity index (χ2n) is 5.16. The fourth-order valence-electron chi connectivity index (χ4n) is 1.84. The van der Waals surface area contributed by atoms with Crippen molar-refractivity contribution in [3.8, 4) is 0 Å². The highest BCUT2D eigenvalue weighted by Crippen LogP contribution is 2.21. The lowest BCUT2D eigenvalue weighted by Crippen LogP contribution is -2.39. The third-order valence-electron chi connectivity index (χ3n) is 2.88. The lowest BCUT2D eigenvalue weighted by atomic mass is 9.85. The fraction of sp³-hybridized carbons (Fsp3) is 0.750. The van der Waals surface area contributed by atoms with Crippen molar-refractivity contribution in [2.24, 2.45) is 12.5 Å². The number of nitrogens with one attached hydrogen (secondary N) is 1. The summed E-state index contributed by atoms with van der Waals surface area (Å²) in [6.45, 7) is 9.88. The number of nitrogens with zero attached hydrogens (tertiary/aromatic N) is 2. The minimum Gasteiger partial charge on any atom is -0.337 e. The first-order valence-corrected chi connectivity index (χ1v) is 5.64. The van der Waals surface area contributed by atoms with Crippen LogP contribution in [0.3, 0.4) is 0 Å². The minimum absolute atomic E-state index is 0. The molecule has 94 valence electrons. The van der Waals surface area contributed by atoms with Crippen LogP contribution in [0.2, 0.25) is 0 Å². The normalized spacial score (nSPS) is 13.3. The highest BCUT2D eigenvalue weighted by Gasteiger charge is 2.22. The Bertz CT molecular complexity index is 301. The van der Waals surface area contributed by atoms with E-state index in [1.54, 1.807) is 0 Å². The molecule has 1 atom stereocenters. The molecule has 0 bridgehead atoms. The molecule has 1 rings (SSSR count). The summed E-state index contributed by atoms with van der Waals surface area (Å²) in [6, 6.07) is 0.536. The Morgan fingerprint density at radius 1 is 1.44 bits per heavy atom. The largest absolute Gasteiger partial charge is 0.337 e. The van der Waals surface area contributed by atoms with Crippen molar-refractivity contribution in [2.45, 2.75) is 46.7 Å². The number of imidazole rings is 1. The molecule has 0 saturated heterocycles. The Balaban J connectivity index is 0.00000225. The van der Waals surface area contributed by atoms with Crippen molar-refractivity contribution < 1.29 is 0 Å². The Morgan fingerprint density at radius 2 is 2.06 bits per heavy atom. The number of rotatable bonds is 4. The lowest BCUT2D eigenvalue weighted by molar-refractivity contribution is 0.257. The molecule has 0 aromatic carbocycles. The van der Waals surface area contributed by atoms with Crippen LogP contribution in [0.1, 0.15) is 39.9 Å². The van der Waals surface area contributed by atoms with Gasteiger partial charge in [0, 0.05) is 25.5 Å². The standard InChI is InChI=1S/C12H23N3.ClH/c1-6-10(12(2,3)4)14-9-11-13-7-8-15(11)5;/h7-8,10,14H,6,9H2,1-5H3;1H. The van der Waals surface area contributed by atoms with E-state index in [0.29, 0.717) is 11.5 Å². The predicted molar refractivity (Wildman–Crippen MR) is 70.8 cm³/mol. The lowest BCUT2D eigenvalue weighted by Gasteiger charge is -2.30. The molecule has 1 aromatic rings. The van der Waals surface area contributed by atoms with Crippen molar-refractivity contribution in [1.29, 1.82) is 0 Å². The maximum Gasteiger partial charge on any atom is 0.122 e. The highest BCUT2D eigenvalue weighted by molar-refractivity contribution is 5.85. The number of aryl methyl sites for hydroxylation is 1. The van der Waals surface area contributed by atoms with Crippen LogP contribution in [-0.4, -0.2) is 15.6 Å². The molecule has 1 aromatic heterocycles. The van der Waals surface area contributed by atoms with Gasteiger partial charge in [-0.1, -0.05) is 27.7 Å². The quantitative estimate of drug-likeness (QED) is 0.884. The second-order valence-corrected chi connectivity index (χ2v) is 5.16. The molecule has 3 nitrogen and oxygen atoms in total. The number of aromatic nitrogens is 2. The van der Waals surface area contributed by atoms with E-state index in [0.717, 1.165) is 18.8 Å². The Labute approximate surface area is 105 Å². The van der Waals surface area contributed by atoms with Gasteiger partial charge in [0.15, 0.2) is 0 Å². The van der Waals surface area contributed by atoms with E-state index in [2.05, 4.69) is 42.6 Å². The summed E-state index contributed by atoms with van der Waals surface area (Å²) in [5, 5.41) is 3.57. The molecule has 1 N–H and O–H groups in total. The van der Waals surface area contributed by atoms with E-state index in [-0.39, 0.29) is 12.4 Å². The van der Waals surface area contributed by atoms with Gasteiger partial charge >= 0.3 is 0 Å². The highest BCUT2D eigenvalue weighted by atomic mass is 35.5. The molecule has 0 aliphatic rings. The fourth-order valence-corrected chi connectivity index (χ4v) is 1.84. The van der Waals surface area contributed by atoms with Crippen molar-refractivity contribution in [3.63, 3.8) is 0 Å². The van der Waals surface area contributed by atoms with E-state index >= 15 is 0 Å². The Hall–Kier alpha value is -0.540. The van der Waals surface area contributed by atoms with Gasteiger partial charge in [-0.25, -0.2) is 4.98 Å². The van der Waals surface area contributed by atoms with Gasteiger partial charge in [0.25, 0.3) is 0 Å². The topological polar surface area (TPSA) is 29.9 Å². The van der Waals surface area contributed by atoms with Crippen molar-refractivity contribution in [2.75, 3.05) is 0 Å². The third-order valence-corrected chi connectivity index (χ3v) is 2.88. The summed E-state index contributed by atoms with van der Waals surface area (Å²) in [7, 11) is 2.03. The van der Waals surface area contributed by atoms with Gasteiger partial charge in [0.1, 0.15) is 5.82 Å². The monoisotopic (exact) mass is 245 g/mol. The maximum atomic E-state index is 4.30. The second kappa shape index (κ2) is 6.26. The Kier molecular flexibility index (Phi) is 6.05. The van der Waals surface area contributed by atoms with Crippen molar-refractivity contribution in [3.05, 3.63) is 18.2 Å². The average Bonchev–Trinajstić information content (AvgIpc) is 2.50. The summed E-state index contributed by atoms with van der Waals surface area (Å²) in [5.74, 6) is 1.10. The zero-order valence-corrected chi connectivity index (χ0v) is 11.8. The first-order valence-electron chi connectivity index (χ1n) is 5.64.